The molecule has 0 radical (unpaired) electrons. The maximum atomic E-state index is 12.0. The van der Waals surface area contributed by atoms with Crippen molar-refractivity contribution in [3.63, 3.8) is 0 Å². The van der Waals surface area contributed by atoms with Crippen LogP contribution in [-0.2, 0) is 14.3 Å². The second-order valence-electron chi connectivity index (χ2n) is 5.51. The van der Waals surface area contributed by atoms with Crippen LogP contribution in [0.1, 0.15) is 16.8 Å². The standard InChI is InChI=1S/C18H13Cl2NO5/c19-11-6-5-10(7-12(11)20)14(22)9-25-17(23)8-16-18(24)21-13-3-1-2-4-15(13)26-16/h1-7,16H,8-9H2,(H,21,24)/t16-/m0/s1. The molecule has 0 saturated carbocycles. The molecule has 1 heterocycles. The zero-order chi connectivity index (χ0) is 18.7. The van der Waals surface area contributed by atoms with E-state index in [1.807, 2.05) is 0 Å². The Morgan fingerprint density at radius 3 is 2.65 bits per heavy atom. The fourth-order valence-corrected chi connectivity index (χ4v) is 2.63. The molecular weight excluding hydrogens is 381 g/mol. The number of esters is 1. The molecule has 0 aromatic heterocycles. The van der Waals surface area contributed by atoms with Gasteiger partial charge in [0.25, 0.3) is 5.91 Å². The zero-order valence-electron chi connectivity index (χ0n) is 13.3. The van der Waals surface area contributed by atoms with E-state index in [2.05, 4.69) is 5.32 Å². The summed E-state index contributed by atoms with van der Waals surface area (Å²) in [7, 11) is 0. The molecule has 0 unspecified atom stereocenters. The topological polar surface area (TPSA) is 81.7 Å². The minimum Gasteiger partial charge on any atom is -0.478 e. The lowest BCUT2D eigenvalue weighted by Crippen LogP contribution is -2.39. The Morgan fingerprint density at radius 1 is 1.12 bits per heavy atom. The van der Waals surface area contributed by atoms with Gasteiger partial charge in [-0.1, -0.05) is 35.3 Å². The van der Waals surface area contributed by atoms with Crippen molar-refractivity contribution in [2.75, 3.05) is 11.9 Å². The van der Waals surface area contributed by atoms with Gasteiger partial charge in [0, 0.05) is 5.56 Å². The number of halogens is 2. The number of para-hydroxylation sites is 2. The SMILES string of the molecule is O=C(C[C@@H]1Oc2ccccc2NC1=O)OCC(=O)c1ccc(Cl)c(Cl)c1. The molecule has 134 valence electrons. The maximum Gasteiger partial charge on any atom is 0.310 e. The molecule has 6 nitrogen and oxygen atoms in total. The highest BCUT2D eigenvalue weighted by Crippen LogP contribution is 2.29. The van der Waals surface area contributed by atoms with Gasteiger partial charge < -0.3 is 14.8 Å². The van der Waals surface area contributed by atoms with Gasteiger partial charge in [-0.2, -0.15) is 0 Å². The number of carbonyl (C=O) groups excluding carboxylic acids is 3. The quantitative estimate of drug-likeness (QED) is 0.620. The summed E-state index contributed by atoms with van der Waals surface area (Å²) in [6.07, 6.45) is -1.33. The summed E-state index contributed by atoms with van der Waals surface area (Å²) in [6, 6.07) is 11.2. The Hall–Kier alpha value is -2.57. The molecule has 0 spiro atoms. The average molecular weight is 394 g/mol. The zero-order valence-corrected chi connectivity index (χ0v) is 14.8. The summed E-state index contributed by atoms with van der Waals surface area (Å²) in [4.78, 5) is 36.0. The van der Waals surface area contributed by atoms with E-state index in [1.54, 1.807) is 24.3 Å². The van der Waals surface area contributed by atoms with Crippen molar-refractivity contribution in [2.45, 2.75) is 12.5 Å². The van der Waals surface area contributed by atoms with Crippen LogP contribution < -0.4 is 10.1 Å². The summed E-state index contributed by atoms with van der Waals surface area (Å²) >= 11 is 11.6. The van der Waals surface area contributed by atoms with Crippen LogP contribution in [0.4, 0.5) is 5.69 Å². The Balaban J connectivity index is 1.55. The Morgan fingerprint density at radius 2 is 1.88 bits per heavy atom. The van der Waals surface area contributed by atoms with E-state index in [0.29, 0.717) is 16.5 Å². The number of nitrogens with one attached hydrogen (secondary N) is 1. The predicted molar refractivity (Wildman–Crippen MR) is 95.9 cm³/mol. The number of carbonyl (C=O) groups is 3. The minimum atomic E-state index is -1.02. The average Bonchev–Trinajstić information content (AvgIpc) is 2.62. The van der Waals surface area contributed by atoms with Crippen molar-refractivity contribution in [2.24, 2.45) is 0 Å². The molecule has 0 aliphatic carbocycles. The van der Waals surface area contributed by atoms with Crippen LogP contribution in [0.15, 0.2) is 42.5 Å². The van der Waals surface area contributed by atoms with Crippen molar-refractivity contribution < 1.29 is 23.9 Å². The molecule has 0 saturated heterocycles. The van der Waals surface area contributed by atoms with Crippen LogP contribution in [-0.4, -0.2) is 30.4 Å². The molecule has 1 amide bonds. The van der Waals surface area contributed by atoms with E-state index in [9.17, 15) is 14.4 Å². The molecule has 0 bridgehead atoms. The predicted octanol–water partition coefficient (Wildman–Crippen LogP) is 3.51. The van der Waals surface area contributed by atoms with E-state index in [-0.39, 0.29) is 17.0 Å². The number of ether oxygens (including phenoxy) is 2. The van der Waals surface area contributed by atoms with Crippen molar-refractivity contribution >= 4 is 46.5 Å². The first kappa shape index (κ1) is 18.2. The first-order valence-electron chi connectivity index (χ1n) is 7.64. The third-order valence-corrected chi connectivity index (χ3v) is 4.40. The molecule has 1 aliphatic heterocycles. The summed E-state index contributed by atoms with van der Waals surface area (Å²) in [5, 5.41) is 3.20. The highest BCUT2D eigenvalue weighted by Gasteiger charge is 2.30. The van der Waals surface area contributed by atoms with Gasteiger partial charge in [-0.05, 0) is 30.3 Å². The number of Topliss-reactive ketones (excluding diaryl/α,β-unsaturated/α-hetero) is 1. The highest BCUT2D eigenvalue weighted by molar-refractivity contribution is 6.42. The Labute approximate surface area is 159 Å². The molecular formula is C18H13Cl2NO5. The first-order chi connectivity index (χ1) is 12.4. The highest BCUT2D eigenvalue weighted by atomic mass is 35.5. The van der Waals surface area contributed by atoms with Crippen LogP contribution in [0.25, 0.3) is 0 Å². The van der Waals surface area contributed by atoms with Gasteiger partial charge in [-0.3, -0.25) is 14.4 Å². The van der Waals surface area contributed by atoms with E-state index < -0.39 is 30.4 Å². The molecule has 0 fully saturated rings. The summed E-state index contributed by atoms with van der Waals surface area (Å²) in [5.74, 6) is -1.14. The molecule has 2 aromatic carbocycles. The number of rotatable bonds is 5. The molecule has 1 N–H and O–H groups in total. The molecule has 26 heavy (non-hydrogen) atoms. The van der Waals surface area contributed by atoms with E-state index in [0.717, 1.165) is 0 Å². The Kier molecular flexibility index (Phi) is 5.44. The van der Waals surface area contributed by atoms with Crippen LogP contribution in [0.3, 0.4) is 0 Å². The lowest BCUT2D eigenvalue weighted by atomic mass is 10.1. The van der Waals surface area contributed by atoms with Gasteiger partial charge in [0.15, 0.2) is 18.5 Å². The van der Waals surface area contributed by atoms with Crippen molar-refractivity contribution in [1.29, 1.82) is 0 Å². The van der Waals surface area contributed by atoms with Crippen LogP contribution in [0.5, 0.6) is 5.75 Å². The molecule has 1 aliphatic rings. The lowest BCUT2D eigenvalue weighted by molar-refractivity contribution is -0.146. The fraction of sp³-hybridized carbons (Fsp3) is 0.167. The molecule has 1 atom stereocenters. The smallest absolute Gasteiger partial charge is 0.310 e. The van der Waals surface area contributed by atoms with Gasteiger partial charge in [0.05, 0.1) is 22.2 Å². The monoisotopic (exact) mass is 393 g/mol. The number of benzene rings is 2. The maximum absolute atomic E-state index is 12.0. The largest absolute Gasteiger partial charge is 0.478 e. The summed E-state index contributed by atoms with van der Waals surface area (Å²) in [5.41, 5.74) is 0.810. The number of ketones is 1. The van der Waals surface area contributed by atoms with Crippen molar-refractivity contribution in [1.82, 2.24) is 0 Å². The van der Waals surface area contributed by atoms with Crippen LogP contribution >= 0.6 is 23.2 Å². The number of hydrogen-bond donors (Lipinski definition) is 1. The lowest BCUT2D eigenvalue weighted by Gasteiger charge is -2.25. The molecule has 2 aromatic rings. The number of anilines is 1. The summed E-state index contributed by atoms with van der Waals surface area (Å²) in [6.45, 7) is -0.471. The Bertz CT molecular complexity index is 884. The van der Waals surface area contributed by atoms with Gasteiger partial charge in [0.2, 0.25) is 0 Å². The number of fused-ring (bicyclic) bond motifs is 1. The number of hydrogen-bond acceptors (Lipinski definition) is 5. The fourth-order valence-electron chi connectivity index (χ4n) is 2.34. The van der Waals surface area contributed by atoms with Gasteiger partial charge >= 0.3 is 5.97 Å². The normalized spacial score (nSPS) is 15.5. The van der Waals surface area contributed by atoms with E-state index in [4.69, 9.17) is 32.7 Å². The van der Waals surface area contributed by atoms with Crippen LogP contribution in [0, 0.1) is 0 Å². The molecule has 8 heteroatoms. The third kappa shape index (κ3) is 4.15. The first-order valence-corrected chi connectivity index (χ1v) is 8.40. The molecule has 3 rings (SSSR count). The van der Waals surface area contributed by atoms with Crippen molar-refractivity contribution in [3.8, 4) is 5.75 Å². The second kappa shape index (κ2) is 7.76. The second-order valence-corrected chi connectivity index (χ2v) is 6.32. The van der Waals surface area contributed by atoms with E-state index in [1.165, 1.54) is 18.2 Å². The summed E-state index contributed by atoms with van der Waals surface area (Å²) < 4.78 is 10.4. The minimum absolute atomic E-state index is 0.231. The van der Waals surface area contributed by atoms with Gasteiger partial charge in [0.1, 0.15) is 5.75 Å². The van der Waals surface area contributed by atoms with Crippen molar-refractivity contribution in [3.05, 3.63) is 58.1 Å². The number of amides is 1. The van der Waals surface area contributed by atoms with Gasteiger partial charge in [-0.15, -0.1) is 0 Å². The van der Waals surface area contributed by atoms with E-state index >= 15 is 0 Å². The third-order valence-electron chi connectivity index (χ3n) is 3.66. The van der Waals surface area contributed by atoms with Crippen LogP contribution in [0.2, 0.25) is 10.0 Å². The van der Waals surface area contributed by atoms with Gasteiger partial charge in [-0.25, -0.2) is 0 Å².